The van der Waals surface area contributed by atoms with E-state index in [1.54, 1.807) is 26.2 Å². The first-order chi connectivity index (χ1) is 18.3. The molecule has 1 heterocycles. The molecular weight excluding hydrogens is 642 g/mol. The Morgan fingerprint density at radius 2 is 1.92 bits per heavy atom. The normalized spacial score (nSPS) is 14.4. The number of benzene rings is 2. The van der Waals surface area contributed by atoms with Crippen LogP contribution in [0.2, 0.25) is 0 Å². The summed E-state index contributed by atoms with van der Waals surface area (Å²) in [7, 11) is -0.870. The van der Waals surface area contributed by atoms with Crippen LogP contribution in [0.5, 0.6) is 0 Å². The highest BCUT2D eigenvalue weighted by molar-refractivity contribution is 14.1. The van der Waals surface area contributed by atoms with Crippen molar-refractivity contribution in [3.63, 3.8) is 0 Å². The molecule has 39 heavy (non-hydrogen) atoms. The second-order valence-corrected chi connectivity index (χ2v) is 11.7. The molecule has 1 fully saturated rings. The molecule has 206 valence electrons. The topological polar surface area (TPSA) is 152 Å². The molecule has 0 amide bonds. The highest BCUT2D eigenvalue weighted by atomic mass is 127. The standard InChI is InChI=1S/C25H26FIN6O5S/c1-14(13-34)22-21(23(31(2)3)29-20-10-7-15(27)11-19(20)26)24(35)33(17-8-9-17)25(36)32(22)18-6-4-5-16(12-18)30-39(28,37)38/h4-7,10-13,17,30,34H,8-9H2,1-3H3,(H2,28,37,38). The van der Waals surface area contributed by atoms with Crippen LogP contribution in [0.3, 0.4) is 0 Å². The number of nitrogens with one attached hydrogen (secondary N) is 1. The lowest BCUT2D eigenvalue weighted by Gasteiger charge is -2.24. The molecule has 4 N–H and O–H groups in total. The molecule has 1 aliphatic carbocycles. The number of aromatic nitrogens is 2. The first-order valence-electron chi connectivity index (χ1n) is 11.7. The maximum atomic E-state index is 14.8. The maximum absolute atomic E-state index is 14.8. The number of aliphatic hydroxyl groups excluding tert-OH is 1. The Labute approximate surface area is 237 Å². The number of aliphatic imine (C=N–C) groups is 1. The van der Waals surface area contributed by atoms with Crippen LogP contribution in [0.15, 0.2) is 63.3 Å². The molecule has 0 radical (unpaired) electrons. The predicted octanol–water partition coefficient (Wildman–Crippen LogP) is 3.25. The van der Waals surface area contributed by atoms with Gasteiger partial charge >= 0.3 is 5.69 Å². The highest BCUT2D eigenvalue weighted by Gasteiger charge is 2.33. The number of halogens is 2. The Bertz CT molecular complexity index is 1740. The molecule has 11 nitrogen and oxygen atoms in total. The molecule has 1 saturated carbocycles. The third-order valence-corrected chi connectivity index (χ3v) is 7.11. The van der Waals surface area contributed by atoms with Crippen LogP contribution in [0.4, 0.5) is 15.8 Å². The molecule has 0 unspecified atom stereocenters. The van der Waals surface area contributed by atoms with E-state index in [1.807, 2.05) is 22.6 Å². The van der Waals surface area contributed by atoms with Gasteiger partial charge in [-0.25, -0.2) is 19.3 Å². The van der Waals surface area contributed by atoms with Crippen LogP contribution in [-0.2, 0) is 10.2 Å². The fourth-order valence-electron chi connectivity index (χ4n) is 4.09. The van der Waals surface area contributed by atoms with E-state index in [9.17, 15) is 27.5 Å². The summed E-state index contributed by atoms with van der Waals surface area (Å²) in [6, 6.07) is 9.96. The van der Waals surface area contributed by atoms with Crippen molar-refractivity contribution >= 4 is 55.6 Å². The third-order valence-electron chi connectivity index (χ3n) is 5.92. The Kier molecular flexibility index (Phi) is 7.99. The Balaban J connectivity index is 2.14. The van der Waals surface area contributed by atoms with E-state index >= 15 is 0 Å². The van der Waals surface area contributed by atoms with Crippen molar-refractivity contribution in [3.05, 3.63) is 90.2 Å². The number of nitrogens with zero attached hydrogens (tertiary/aromatic N) is 4. The summed E-state index contributed by atoms with van der Waals surface area (Å²) in [5.74, 6) is -0.548. The SMILES string of the molecule is CC(=CO)c1c(C(=Nc2ccc(I)cc2F)N(C)C)c(=O)n(C2CC2)c(=O)n1-c1cccc(NS(N)(=O)=O)c1. The van der Waals surface area contributed by atoms with Gasteiger partial charge in [-0.05, 0) is 78.8 Å². The molecule has 2 aromatic carbocycles. The monoisotopic (exact) mass is 668 g/mol. The fraction of sp³-hybridized carbons (Fsp3) is 0.240. The van der Waals surface area contributed by atoms with Crippen LogP contribution in [0.1, 0.15) is 37.1 Å². The summed E-state index contributed by atoms with van der Waals surface area (Å²) >= 11 is 1.97. The summed E-state index contributed by atoms with van der Waals surface area (Å²) in [5, 5.41) is 15.2. The van der Waals surface area contributed by atoms with E-state index in [0.717, 1.165) is 10.8 Å². The van der Waals surface area contributed by atoms with E-state index in [-0.39, 0.29) is 45.8 Å². The summed E-state index contributed by atoms with van der Waals surface area (Å²) in [5.41, 5.74) is -0.978. The number of amidine groups is 1. The average Bonchev–Trinajstić information content (AvgIpc) is 3.67. The van der Waals surface area contributed by atoms with Crippen LogP contribution in [-0.4, -0.2) is 47.5 Å². The zero-order valence-electron chi connectivity index (χ0n) is 21.2. The quantitative estimate of drug-likeness (QED) is 0.152. The second kappa shape index (κ2) is 10.9. The largest absolute Gasteiger partial charge is 0.515 e. The minimum absolute atomic E-state index is 0.00975. The Morgan fingerprint density at radius 3 is 2.49 bits per heavy atom. The van der Waals surface area contributed by atoms with Gasteiger partial charge in [0.1, 0.15) is 22.9 Å². The molecular formula is C25H26FIN6O5S. The summed E-state index contributed by atoms with van der Waals surface area (Å²) in [6.07, 6.45) is 1.97. The molecule has 1 aliphatic rings. The molecule has 1 aromatic heterocycles. The van der Waals surface area contributed by atoms with Crippen LogP contribution >= 0.6 is 22.6 Å². The van der Waals surface area contributed by atoms with E-state index < -0.39 is 27.3 Å². The van der Waals surface area contributed by atoms with Gasteiger partial charge in [0.25, 0.3) is 15.8 Å². The number of aliphatic hydroxyl groups is 1. The van der Waals surface area contributed by atoms with Gasteiger partial charge in [0, 0.05) is 29.3 Å². The van der Waals surface area contributed by atoms with E-state index in [2.05, 4.69) is 9.71 Å². The molecule has 14 heteroatoms. The average molecular weight is 668 g/mol. The van der Waals surface area contributed by atoms with Gasteiger partial charge in [0.05, 0.1) is 23.3 Å². The van der Waals surface area contributed by atoms with Crippen molar-refractivity contribution < 1.29 is 17.9 Å². The molecule has 0 saturated heterocycles. The van der Waals surface area contributed by atoms with Gasteiger partial charge in [-0.1, -0.05) is 6.07 Å². The molecule has 0 atom stereocenters. The molecule has 4 rings (SSSR count). The molecule has 0 aliphatic heterocycles. The number of hydrogen-bond donors (Lipinski definition) is 3. The zero-order valence-corrected chi connectivity index (χ0v) is 24.2. The fourth-order valence-corrected chi connectivity index (χ4v) is 5.00. The number of nitrogens with two attached hydrogens (primary N) is 1. The van der Waals surface area contributed by atoms with Gasteiger partial charge < -0.3 is 10.0 Å². The van der Waals surface area contributed by atoms with Crippen molar-refractivity contribution in [2.75, 3.05) is 18.8 Å². The van der Waals surface area contributed by atoms with E-state index in [1.165, 1.54) is 46.7 Å². The predicted molar refractivity (Wildman–Crippen MR) is 157 cm³/mol. The van der Waals surface area contributed by atoms with Crippen molar-refractivity contribution in [1.82, 2.24) is 14.0 Å². The lowest BCUT2D eigenvalue weighted by molar-refractivity contribution is 0.474. The number of anilines is 1. The Hall–Kier alpha value is -3.50. The van der Waals surface area contributed by atoms with Crippen molar-refractivity contribution in [3.8, 4) is 5.69 Å². The van der Waals surface area contributed by atoms with E-state index in [0.29, 0.717) is 16.4 Å². The highest BCUT2D eigenvalue weighted by Crippen LogP contribution is 2.33. The minimum atomic E-state index is -4.12. The second-order valence-electron chi connectivity index (χ2n) is 9.18. The van der Waals surface area contributed by atoms with Crippen LogP contribution in [0.25, 0.3) is 11.3 Å². The molecule has 3 aromatic rings. The number of rotatable bonds is 7. The minimum Gasteiger partial charge on any atom is -0.515 e. The van der Waals surface area contributed by atoms with E-state index in [4.69, 9.17) is 5.14 Å². The molecule has 0 spiro atoms. The zero-order chi connectivity index (χ0) is 28.6. The van der Waals surface area contributed by atoms with Gasteiger partial charge in [-0.15, -0.1) is 0 Å². The smallest absolute Gasteiger partial charge is 0.336 e. The first-order valence-corrected chi connectivity index (χ1v) is 14.3. The van der Waals surface area contributed by atoms with Crippen molar-refractivity contribution in [2.45, 2.75) is 25.8 Å². The van der Waals surface area contributed by atoms with Crippen LogP contribution < -0.4 is 21.1 Å². The van der Waals surface area contributed by atoms with Crippen molar-refractivity contribution in [2.24, 2.45) is 10.1 Å². The number of hydrogen-bond acceptors (Lipinski definition) is 6. The van der Waals surface area contributed by atoms with Gasteiger partial charge in [-0.3, -0.25) is 18.7 Å². The Morgan fingerprint density at radius 1 is 1.23 bits per heavy atom. The summed E-state index contributed by atoms with van der Waals surface area (Å²) in [6.45, 7) is 1.50. The van der Waals surface area contributed by atoms with Gasteiger partial charge in [0.15, 0.2) is 0 Å². The summed E-state index contributed by atoms with van der Waals surface area (Å²) in [4.78, 5) is 33.8. The first kappa shape index (κ1) is 28.5. The van der Waals surface area contributed by atoms with Crippen LogP contribution in [0, 0.1) is 9.39 Å². The van der Waals surface area contributed by atoms with Crippen molar-refractivity contribution in [1.29, 1.82) is 0 Å². The molecule has 0 bridgehead atoms. The van der Waals surface area contributed by atoms with Gasteiger partial charge in [0.2, 0.25) is 0 Å². The number of allylic oxidation sites excluding steroid dienone is 1. The third kappa shape index (κ3) is 6.07. The summed E-state index contributed by atoms with van der Waals surface area (Å²) < 4.78 is 43.2. The maximum Gasteiger partial charge on any atom is 0.336 e. The van der Waals surface area contributed by atoms with Gasteiger partial charge in [-0.2, -0.15) is 8.42 Å². The lowest BCUT2D eigenvalue weighted by atomic mass is 10.1. The lowest BCUT2D eigenvalue weighted by Crippen LogP contribution is -2.45.